The number of carbonyl (C=O) groups is 2. The summed E-state index contributed by atoms with van der Waals surface area (Å²) >= 11 is 0. The van der Waals surface area contributed by atoms with Gasteiger partial charge in [-0.15, -0.1) is 12.3 Å². The number of benzene rings is 1. The monoisotopic (exact) mass is 232 g/mol. The molecule has 0 aliphatic heterocycles. The molecule has 1 aromatic rings. The Morgan fingerprint density at radius 3 is 2.71 bits per heavy atom. The van der Waals surface area contributed by atoms with E-state index in [1.165, 1.54) is 18.2 Å². The molecule has 1 rings (SSSR count). The van der Waals surface area contributed by atoms with Crippen molar-refractivity contribution in [3.63, 3.8) is 0 Å². The largest absolute Gasteiger partial charge is 0.478 e. The van der Waals surface area contributed by atoms with Gasteiger partial charge in [0.25, 0.3) is 0 Å². The van der Waals surface area contributed by atoms with Crippen LogP contribution in [0.15, 0.2) is 18.2 Å². The van der Waals surface area contributed by atoms with Crippen molar-refractivity contribution < 1.29 is 14.7 Å². The molecule has 0 atom stereocenters. The number of rotatable bonds is 4. The van der Waals surface area contributed by atoms with E-state index in [0.717, 1.165) is 0 Å². The number of aromatic carboxylic acids is 1. The molecule has 0 aliphatic rings. The number of hydrogen-bond donors (Lipinski definition) is 3. The Labute approximate surface area is 98.6 Å². The first-order chi connectivity index (χ1) is 8.02. The third kappa shape index (κ3) is 3.87. The lowest BCUT2D eigenvalue weighted by Gasteiger charge is -2.06. The van der Waals surface area contributed by atoms with Gasteiger partial charge in [0, 0.05) is 24.2 Å². The Bertz CT molecular complexity index is 489. The first kappa shape index (κ1) is 12.6. The molecule has 88 valence electrons. The predicted octanol–water partition coefficient (Wildman–Crippen LogP) is 1.32. The Morgan fingerprint density at radius 1 is 1.41 bits per heavy atom. The van der Waals surface area contributed by atoms with Crippen molar-refractivity contribution in [2.75, 3.05) is 11.1 Å². The maximum Gasteiger partial charge on any atom is 0.335 e. The van der Waals surface area contributed by atoms with Gasteiger partial charge in [-0.3, -0.25) is 4.79 Å². The lowest BCUT2D eigenvalue weighted by Crippen LogP contribution is -2.12. The number of carboxylic acids is 1. The number of carboxylic acid groups (broad SMARTS) is 1. The topological polar surface area (TPSA) is 92.4 Å². The minimum Gasteiger partial charge on any atom is -0.478 e. The van der Waals surface area contributed by atoms with Crippen LogP contribution < -0.4 is 11.1 Å². The second kappa shape index (κ2) is 5.56. The van der Waals surface area contributed by atoms with Crippen LogP contribution in [-0.4, -0.2) is 17.0 Å². The smallest absolute Gasteiger partial charge is 0.335 e. The van der Waals surface area contributed by atoms with Crippen LogP contribution in [0.1, 0.15) is 23.2 Å². The van der Waals surface area contributed by atoms with Crippen molar-refractivity contribution in [2.24, 2.45) is 0 Å². The van der Waals surface area contributed by atoms with E-state index >= 15 is 0 Å². The van der Waals surface area contributed by atoms with Crippen molar-refractivity contribution in [1.29, 1.82) is 0 Å². The molecule has 0 saturated heterocycles. The van der Waals surface area contributed by atoms with E-state index in [1.54, 1.807) is 0 Å². The molecule has 0 aliphatic carbocycles. The van der Waals surface area contributed by atoms with E-state index in [4.69, 9.17) is 17.3 Å². The van der Waals surface area contributed by atoms with Crippen molar-refractivity contribution in [3.05, 3.63) is 23.8 Å². The lowest BCUT2D eigenvalue weighted by atomic mass is 10.1. The number of nitrogen functional groups attached to an aromatic ring is 1. The van der Waals surface area contributed by atoms with Crippen LogP contribution in [-0.2, 0) is 4.79 Å². The zero-order valence-corrected chi connectivity index (χ0v) is 9.06. The van der Waals surface area contributed by atoms with Gasteiger partial charge in [0.1, 0.15) is 0 Å². The molecule has 5 heteroatoms. The third-order valence-corrected chi connectivity index (χ3v) is 1.98. The summed E-state index contributed by atoms with van der Waals surface area (Å²) in [6.07, 6.45) is 5.55. The van der Waals surface area contributed by atoms with Crippen LogP contribution in [0.2, 0.25) is 0 Å². The summed E-state index contributed by atoms with van der Waals surface area (Å²) in [6, 6.07) is 4.14. The van der Waals surface area contributed by atoms with Crippen LogP contribution in [0, 0.1) is 12.3 Å². The van der Waals surface area contributed by atoms with Gasteiger partial charge in [0.2, 0.25) is 5.91 Å². The van der Waals surface area contributed by atoms with E-state index in [-0.39, 0.29) is 23.6 Å². The summed E-state index contributed by atoms with van der Waals surface area (Å²) < 4.78 is 0. The summed E-state index contributed by atoms with van der Waals surface area (Å²) in [5.74, 6) is 0.972. The van der Waals surface area contributed by atoms with Crippen molar-refractivity contribution >= 4 is 23.3 Å². The lowest BCUT2D eigenvalue weighted by molar-refractivity contribution is -0.116. The van der Waals surface area contributed by atoms with Crippen molar-refractivity contribution in [3.8, 4) is 12.3 Å². The van der Waals surface area contributed by atoms with Crippen LogP contribution in [0.3, 0.4) is 0 Å². The first-order valence-corrected chi connectivity index (χ1v) is 4.90. The summed E-state index contributed by atoms with van der Waals surface area (Å²) in [7, 11) is 0. The van der Waals surface area contributed by atoms with Crippen molar-refractivity contribution in [2.45, 2.75) is 12.8 Å². The van der Waals surface area contributed by atoms with E-state index < -0.39 is 5.97 Å². The minimum absolute atomic E-state index is 0.0252. The molecule has 0 heterocycles. The number of hydrogen-bond acceptors (Lipinski definition) is 3. The summed E-state index contributed by atoms with van der Waals surface area (Å²) in [4.78, 5) is 22.1. The highest BCUT2D eigenvalue weighted by Gasteiger charge is 2.07. The molecule has 4 N–H and O–H groups in total. The average molecular weight is 232 g/mol. The average Bonchev–Trinajstić information content (AvgIpc) is 2.25. The van der Waals surface area contributed by atoms with Gasteiger partial charge in [0.15, 0.2) is 0 Å². The molecule has 17 heavy (non-hydrogen) atoms. The van der Waals surface area contributed by atoms with Crippen LogP contribution in [0.25, 0.3) is 0 Å². The van der Waals surface area contributed by atoms with Crippen molar-refractivity contribution in [1.82, 2.24) is 0 Å². The fraction of sp³-hybridized carbons (Fsp3) is 0.167. The molecule has 0 saturated carbocycles. The van der Waals surface area contributed by atoms with Gasteiger partial charge < -0.3 is 16.2 Å². The maximum absolute atomic E-state index is 11.4. The molecule has 0 spiro atoms. The number of terminal acetylenes is 1. The molecular formula is C12H12N2O3. The highest BCUT2D eigenvalue weighted by molar-refractivity contribution is 5.95. The Kier molecular flexibility index (Phi) is 4.12. The minimum atomic E-state index is -1.10. The molecule has 0 bridgehead atoms. The maximum atomic E-state index is 11.4. The summed E-state index contributed by atoms with van der Waals surface area (Å²) in [6.45, 7) is 0. The number of anilines is 2. The van der Waals surface area contributed by atoms with E-state index in [2.05, 4.69) is 11.2 Å². The van der Waals surface area contributed by atoms with Gasteiger partial charge in [-0.05, 0) is 18.2 Å². The van der Waals surface area contributed by atoms with Crippen LogP contribution in [0.4, 0.5) is 11.4 Å². The third-order valence-electron chi connectivity index (χ3n) is 1.98. The normalized spacial score (nSPS) is 9.35. The molecule has 0 radical (unpaired) electrons. The molecular weight excluding hydrogens is 220 g/mol. The quantitative estimate of drug-likeness (QED) is 0.539. The Hall–Kier alpha value is -2.48. The van der Waals surface area contributed by atoms with Gasteiger partial charge in [0.05, 0.1) is 5.56 Å². The zero-order valence-electron chi connectivity index (χ0n) is 9.06. The standard InChI is InChI=1S/C12H12N2O3/c1-2-3-4-11(15)14-10-6-8(12(16)17)5-9(13)7-10/h1,5-7H,3-4,13H2,(H,14,15)(H,16,17). The highest BCUT2D eigenvalue weighted by Crippen LogP contribution is 2.17. The zero-order chi connectivity index (χ0) is 12.8. The van der Waals surface area contributed by atoms with E-state index in [9.17, 15) is 9.59 Å². The second-order valence-corrected chi connectivity index (χ2v) is 3.40. The molecule has 0 unspecified atom stereocenters. The first-order valence-electron chi connectivity index (χ1n) is 4.90. The molecule has 0 fully saturated rings. The molecule has 0 aromatic heterocycles. The summed E-state index contributed by atoms with van der Waals surface area (Å²) in [5, 5.41) is 11.3. The number of nitrogens with two attached hydrogens (primary N) is 1. The number of amides is 1. The van der Waals surface area contributed by atoms with Crippen LogP contribution in [0.5, 0.6) is 0 Å². The fourth-order valence-corrected chi connectivity index (χ4v) is 1.26. The molecule has 1 amide bonds. The van der Waals surface area contributed by atoms with Gasteiger partial charge >= 0.3 is 5.97 Å². The highest BCUT2D eigenvalue weighted by atomic mass is 16.4. The second-order valence-electron chi connectivity index (χ2n) is 3.40. The summed E-state index contributed by atoms with van der Waals surface area (Å²) in [5.41, 5.74) is 6.18. The fourth-order valence-electron chi connectivity index (χ4n) is 1.26. The molecule has 5 nitrogen and oxygen atoms in total. The van der Waals surface area contributed by atoms with E-state index in [1.807, 2.05) is 0 Å². The number of carbonyl (C=O) groups excluding carboxylic acids is 1. The van der Waals surface area contributed by atoms with Gasteiger partial charge in [-0.25, -0.2) is 4.79 Å². The molecule has 1 aromatic carbocycles. The van der Waals surface area contributed by atoms with E-state index in [0.29, 0.717) is 12.1 Å². The number of nitrogens with one attached hydrogen (secondary N) is 1. The Morgan fingerprint density at radius 2 is 2.12 bits per heavy atom. The van der Waals surface area contributed by atoms with Gasteiger partial charge in [-0.2, -0.15) is 0 Å². The SMILES string of the molecule is C#CCCC(=O)Nc1cc(N)cc(C(=O)O)c1. The Balaban J connectivity index is 2.81. The predicted molar refractivity (Wildman–Crippen MR) is 64.5 cm³/mol. The van der Waals surface area contributed by atoms with Gasteiger partial charge in [-0.1, -0.05) is 0 Å². The van der Waals surface area contributed by atoms with Crippen LogP contribution >= 0.6 is 0 Å².